The molecule has 0 amide bonds. The number of hydrogen-bond acceptors (Lipinski definition) is 2. The lowest BCUT2D eigenvalue weighted by molar-refractivity contribution is 0.194. The van der Waals surface area contributed by atoms with Crippen molar-refractivity contribution in [3.8, 4) is 0 Å². The van der Waals surface area contributed by atoms with Crippen LogP contribution in [0, 0.1) is 0 Å². The van der Waals surface area contributed by atoms with Crippen molar-refractivity contribution in [2.45, 2.75) is 39.2 Å². The van der Waals surface area contributed by atoms with Gasteiger partial charge in [-0.3, -0.25) is 4.98 Å². The third-order valence-corrected chi connectivity index (χ3v) is 2.08. The van der Waals surface area contributed by atoms with Crippen molar-refractivity contribution in [3.05, 3.63) is 29.6 Å². The minimum Gasteiger partial charge on any atom is -0.387 e. The van der Waals surface area contributed by atoms with E-state index in [9.17, 15) is 5.11 Å². The zero-order chi connectivity index (χ0) is 10.1. The highest BCUT2D eigenvalue weighted by atomic mass is 16.3. The maximum atomic E-state index is 9.25. The first-order valence-corrected chi connectivity index (χ1v) is 4.56. The van der Waals surface area contributed by atoms with Crippen molar-refractivity contribution < 1.29 is 5.11 Å². The number of rotatable bonds is 1. The predicted molar refractivity (Wildman–Crippen MR) is 53.6 cm³/mol. The highest BCUT2D eigenvalue weighted by Gasteiger charge is 2.14. The lowest BCUT2D eigenvalue weighted by Crippen LogP contribution is -2.11. The molecule has 1 atom stereocenters. The van der Waals surface area contributed by atoms with E-state index < -0.39 is 6.10 Å². The molecule has 0 aromatic carbocycles. The van der Waals surface area contributed by atoms with E-state index in [1.54, 1.807) is 6.92 Å². The molecule has 0 aliphatic carbocycles. The van der Waals surface area contributed by atoms with Crippen molar-refractivity contribution in [3.63, 3.8) is 0 Å². The lowest BCUT2D eigenvalue weighted by atomic mass is 9.88. The van der Waals surface area contributed by atoms with Crippen LogP contribution in [0.15, 0.2) is 18.3 Å². The van der Waals surface area contributed by atoms with Gasteiger partial charge in [0.15, 0.2) is 0 Å². The first-order chi connectivity index (χ1) is 5.91. The van der Waals surface area contributed by atoms with E-state index in [0.29, 0.717) is 0 Å². The molecule has 2 heteroatoms. The third kappa shape index (κ3) is 2.52. The minimum absolute atomic E-state index is 0.129. The number of aromatic nitrogens is 1. The Kier molecular flexibility index (Phi) is 2.71. The van der Waals surface area contributed by atoms with E-state index in [4.69, 9.17) is 0 Å². The van der Waals surface area contributed by atoms with Gasteiger partial charge in [-0.15, -0.1) is 0 Å². The van der Waals surface area contributed by atoms with E-state index in [1.165, 1.54) is 5.56 Å². The van der Waals surface area contributed by atoms with Gasteiger partial charge in [-0.2, -0.15) is 0 Å². The van der Waals surface area contributed by atoms with Crippen LogP contribution in [0.2, 0.25) is 0 Å². The quantitative estimate of drug-likeness (QED) is 0.718. The van der Waals surface area contributed by atoms with E-state index in [2.05, 4.69) is 25.8 Å². The SMILES string of the molecule is CC(O)c1ccc(C(C)(C)C)cn1. The van der Waals surface area contributed by atoms with Gasteiger partial charge in [-0.05, 0) is 24.0 Å². The number of pyridine rings is 1. The van der Waals surface area contributed by atoms with Crippen LogP contribution in [0.1, 0.15) is 45.1 Å². The summed E-state index contributed by atoms with van der Waals surface area (Å²) >= 11 is 0. The van der Waals surface area contributed by atoms with E-state index in [0.717, 1.165) is 5.69 Å². The molecular weight excluding hydrogens is 162 g/mol. The molecule has 0 bridgehead atoms. The van der Waals surface area contributed by atoms with Crippen molar-refractivity contribution >= 4 is 0 Å². The van der Waals surface area contributed by atoms with Crippen LogP contribution in [0.3, 0.4) is 0 Å². The molecule has 1 aromatic heterocycles. The summed E-state index contributed by atoms with van der Waals surface area (Å²) in [5, 5.41) is 9.25. The predicted octanol–water partition coefficient (Wildman–Crippen LogP) is 2.43. The maximum absolute atomic E-state index is 9.25. The standard InChI is InChI=1S/C11H17NO/c1-8(13)10-6-5-9(7-12-10)11(2,3)4/h5-8,13H,1-4H3. The van der Waals surface area contributed by atoms with Gasteiger partial charge in [0.05, 0.1) is 11.8 Å². The van der Waals surface area contributed by atoms with E-state index in [1.807, 2.05) is 18.3 Å². The van der Waals surface area contributed by atoms with Gasteiger partial charge in [-0.1, -0.05) is 26.8 Å². The van der Waals surface area contributed by atoms with Crippen LogP contribution in [0.4, 0.5) is 0 Å². The van der Waals surface area contributed by atoms with Crippen molar-refractivity contribution in [2.24, 2.45) is 0 Å². The molecule has 1 heterocycles. The van der Waals surface area contributed by atoms with E-state index in [-0.39, 0.29) is 5.41 Å². The fourth-order valence-corrected chi connectivity index (χ4v) is 1.10. The Morgan fingerprint density at radius 3 is 2.23 bits per heavy atom. The maximum Gasteiger partial charge on any atom is 0.0931 e. The largest absolute Gasteiger partial charge is 0.387 e. The zero-order valence-corrected chi connectivity index (χ0v) is 8.70. The van der Waals surface area contributed by atoms with Gasteiger partial charge in [0, 0.05) is 6.20 Å². The van der Waals surface area contributed by atoms with Crippen molar-refractivity contribution in [1.29, 1.82) is 0 Å². The Morgan fingerprint density at radius 2 is 1.92 bits per heavy atom. The number of aliphatic hydroxyl groups excluding tert-OH is 1. The fraction of sp³-hybridized carbons (Fsp3) is 0.545. The van der Waals surface area contributed by atoms with Gasteiger partial charge < -0.3 is 5.11 Å². The Labute approximate surface area is 79.6 Å². The van der Waals surface area contributed by atoms with Gasteiger partial charge in [0.25, 0.3) is 0 Å². The first kappa shape index (κ1) is 10.2. The van der Waals surface area contributed by atoms with Crippen LogP contribution in [0.25, 0.3) is 0 Å². The van der Waals surface area contributed by atoms with Crippen molar-refractivity contribution in [1.82, 2.24) is 4.98 Å². The molecule has 13 heavy (non-hydrogen) atoms. The van der Waals surface area contributed by atoms with Crippen LogP contribution in [0.5, 0.6) is 0 Å². The molecule has 1 N–H and O–H groups in total. The van der Waals surface area contributed by atoms with Crippen LogP contribution >= 0.6 is 0 Å². The van der Waals surface area contributed by atoms with Gasteiger partial charge in [0.2, 0.25) is 0 Å². The molecule has 0 radical (unpaired) electrons. The van der Waals surface area contributed by atoms with Crippen LogP contribution in [-0.2, 0) is 5.41 Å². The Balaban J connectivity index is 2.94. The summed E-state index contributed by atoms with van der Waals surface area (Å²) < 4.78 is 0. The molecular formula is C11H17NO. The lowest BCUT2D eigenvalue weighted by Gasteiger charge is -2.18. The Bertz CT molecular complexity index is 269. The summed E-state index contributed by atoms with van der Waals surface area (Å²) in [5.74, 6) is 0. The summed E-state index contributed by atoms with van der Waals surface area (Å²) in [6, 6.07) is 3.90. The molecule has 1 unspecified atom stereocenters. The summed E-state index contributed by atoms with van der Waals surface area (Å²) in [6.07, 6.45) is 1.36. The fourth-order valence-electron chi connectivity index (χ4n) is 1.10. The number of aliphatic hydroxyl groups is 1. The van der Waals surface area contributed by atoms with Crippen LogP contribution < -0.4 is 0 Å². The molecule has 1 aromatic rings. The van der Waals surface area contributed by atoms with E-state index >= 15 is 0 Å². The molecule has 0 fully saturated rings. The smallest absolute Gasteiger partial charge is 0.0931 e. The minimum atomic E-state index is -0.478. The summed E-state index contributed by atoms with van der Waals surface area (Å²) in [5.41, 5.74) is 2.05. The second kappa shape index (κ2) is 3.46. The number of hydrogen-bond donors (Lipinski definition) is 1. The third-order valence-electron chi connectivity index (χ3n) is 2.08. The summed E-state index contributed by atoms with van der Waals surface area (Å²) in [7, 11) is 0. The van der Waals surface area contributed by atoms with Gasteiger partial charge >= 0.3 is 0 Å². The monoisotopic (exact) mass is 179 g/mol. The first-order valence-electron chi connectivity index (χ1n) is 4.56. The zero-order valence-electron chi connectivity index (χ0n) is 8.70. The molecule has 0 aliphatic heterocycles. The van der Waals surface area contributed by atoms with Gasteiger partial charge in [-0.25, -0.2) is 0 Å². The molecule has 0 aliphatic rings. The second-order valence-electron chi connectivity index (χ2n) is 4.40. The van der Waals surface area contributed by atoms with Crippen molar-refractivity contribution in [2.75, 3.05) is 0 Å². The Hall–Kier alpha value is -0.890. The summed E-state index contributed by atoms with van der Waals surface area (Å²) in [4.78, 5) is 4.19. The molecule has 0 saturated carbocycles. The Morgan fingerprint density at radius 1 is 1.31 bits per heavy atom. The summed E-state index contributed by atoms with van der Waals surface area (Å²) in [6.45, 7) is 8.16. The molecule has 1 rings (SSSR count). The normalized spacial score (nSPS) is 14.2. The van der Waals surface area contributed by atoms with Gasteiger partial charge in [0.1, 0.15) is 0 Å². The molecule has 0 spiro atoms. The molecule has 2 nitrogen and oxygen atoms in total. The highest BCUT2D eigenvalue weighted by Crippen LogP contribution is 2.21. The highest BCUT2D eigenvalue weighted by molar-refractivity contribution is 5.21. The number of nitrogens with zero attached hydrogens (tertiary/aromatic N) is 1. The topological polar surface area (TPSA) is 33.1 Å². The molecule has 0 saturated heterocycles. The molecule has 72 valence electrons. The van der Waals surface area contributed by atoms with Crippen LogP contribution in [-0.4, -0.2) is 10.1 Å². The average molecular weight is 179 g/mol. The average Bonchev–Trinajstić information content (AvgIpc) is 2.03. The second-order valence-corrected chi connectivity index (χ2v) is 4.40.